The van der Waals surface area contributed by atoms with Crippen molar-refractivity contribution in [2.75, 3.05) is 6.54 Å². The predicted octanol–water partition coefficient (Wildman–Crippen LogP) is 1.29. The molecule has 2 bridgehead atoms. The van der Waals surface area contributed by atoms with Gasteiger partial charge in [-0.1, -0.05) is 12.8 Å². The maximum Gasteiger partial charge on any atom is 0.0693 e. The van der Waals surface area contributed by atoms with Gasteiger partial charge in [0.2, 0.25) is 0 Å². The van der Waals surface area contributed by atoms with Crippen LogP contribution < -0.4 is 5.32 Å². The third-order valence-electron chi connectivity index (χ3n) is 4.49. The van der Waals surface area contributed by atoms with Crippen molar-refractivity contribution >= 4 is 0 Å². The van der Waals surface area contributed by atoms with Crippen LogP contribution >= 0.6 is 0 Å². The van der Waals surface area contributed by atoms with E-state index in [0.29, 0.717) is 12.0 Å². The van der Waals surface area contributed by atoms with Crippen molar-refractivity contribution in [1.82, 2.24) is 5.32 Å². The molecule has 2 nitrogen and oxygen atoms in total. The van der Waals surface area contributed by atoms with Crippen LogP contribution in [0, 0.1) is 11.8 Å². The molecule has 74 valence electrons. The Balaban J connectivity index is 1.89. The normalized spacial score (nSPS) is 54.7. The van der Waals surface area contributed by atoms with Crippen LogP contribution in [-0.2, 0) is 0 Å². The Morgan fingerprint density at radius 1 is 1.31 bits per heavy atom. The smallest absolute Gasteiger partial charge is 0.0693 e. The Morgan fingerprint density at radius 3 is 3.15 bits per heavy atom. The van der Waals surface area contributed by atoms with Gasteiger partial charge >= 0.3 is 0 Å². The van der Waals surface area contributed by atoms with Gasteiger partial charge in [0.25, 0.3) is 0 Å². The van der Waals surface area contributed by atoms with Gasteiger partial charge in [-0.15, -0.1) is 0 Å². The van der Waals surface area contributed by atoms with E-state index in [1.165, 1.54) is 25.7 Å². The molecule has 1 saturated heterocycles. The molecule has 0 aromatic carbocycles. The maximum absolute atomic E-state index is 10.5. The molecule has 0 unspecified atom stereocenters. The number of hydrogen-bond donors (Lipinski definition) is 2. The first-order valence-corrected chi connectivity index (χ1v) is 5.74. The first-order valence-electron chi connectivity index (χ1n) is 5.74. The summed E-state index contributed by atoms with van der Waals surface area (Å²) in [7, 11) is 0. The van der Waals surface area contributed by atoms with Crippen LogP contribution in [0.5, 0.6) is 0 Å². The van der Waals surface area contributed by atoms with E-state index < -0.39 is 0 Å². The van der Waals surface area contributed by atoms with Gasteiger partial charge in [0.1, 0.15) is 0 Å². The molecule has 2 saturated carbocycles. The number of fused-ring (bicyclic) bond motifs is 4. The fourth-order valence-corrected chi connectivity index (χ4v) is 3.96. The minimum Gasteiger partial charge on any atom is -0.390 e. The first-order chi connectivity index (χ1) is 6.28. The summed E-state index contributed by atoms with van der Waals surface area (Å²) in [6, 6.07) is 0.643. The number of nitrogens with one attached hydrogen (secondary N) is 1. The molecule has 4 atom stereocenters. The summed E-state index contributed by atoms with van der Waals surface area (Å²) in [4.78, 5) is 0. The van der Waals surface area contributed by atoms with E-state index in [1.807, 2.05) is 0 Å². The highest BCUT2D eigenvalue weighted by atomic mass is 16.3. The molecular weight excluding hydrogens is 162 g/mol. The van der Waals surface area contributed by atoms with E-state index in [4.69, 9.17) is 0 Å². The van der Waals surface area contributed by atoms with E-state index in [0.717, 1.165) is 25.3 Å². The number of hydrogen-bond acceptors (Lipinski definition) is 2. The van der Waals surface area contributed by atoms with Crippen LogP contribution in [0.4, 0.5) is 0 Å². The second kappa shape index (κ2) is 2.71. The Kier molecular flexibility index (Phi) is 1.72. The minimum atomic E-state index is -0.282. The fourth-order valence-electron chi connectivity index (χ4n) is 3.96. The lowest BCUT2D eigenvalue weighted by Crippen LogP contribution is -2.52. The van der Waals surface area contributed by atoms with Gasteiger partial charge in [-0.2, -0.15) is 0 Å². The fraction of sp³-hybridized carbons (Fsp3) is 1.00. The van der Waals surface area contributed by atoms with Crippen LogP contribution in [0.15, 0.2) is 0 Å². The number of aliphatic hydroxyl groups is 1. The first kappa shape index (κ1) is 8.25. The molecule has 2 N–H and O–H groups in total. The van der Waals surface area contributed by atoms with Gasteiger partial charge in [0.05, 0.1) is 5.60 Å². The highest BCUT2D eigenvalue weighted by Gasteiger charge is 2.50. The SMILES string of the molecule is O[C@@]12CCC[C@@H](C[C@H]3NCC[C@H]31)C2. The molecule has 0 spiro atoms. The minimum absolute atomic E-state index is 0.282. The Hall–Kier alpha value is -0.0800. The highest BCUT2D eigenvalue weighted by Crippen LogP contribution is 2.48. The molecule has 1 aliphatic heterocycles. The van der Waals surface area contributed by atoms with Crippen molar-refractivity contribution in [3.05, 3.63) is 0 Å². The lowest BCUT2D eigenvalue weighted by molar-refractivity contribution is -0.0956. The largest absolute Gasteiger partial charge is 0.390 e. The molecule has 3 fully saturated rings. The van der Waals surface area contributed by atoms with Crippen LogP contribution in [0.3, 0.4) is 0 Å². The van der Waals surface area contributed by atoms with Gasteiger partial charge in [0.15, 0.2) is 0 Å². The van der Waals surface area contributed by atoms with Crippen LogP contribution in [-0.4, -0.2) is 23.3 Å². The predicted molar refractivity (Wildman–Crippen MR) is 51.4 cm³/mol. The van der Waals surface area contributed by atoms with Gasteiger partial charge in [-0.05, 0) is 38.1 Å². The van der Waals surface area contributed by atoms with E-state index in [1.54, 1.807) is 0 Å². The Morgan fingerprint density at radius 2 is 2.23 bits per heavy atom. The summed E-state index contributed by atoms with van der Waals surface area (Å²) < 4.78 is 0. The van der Waals surface area contributed by atoms with E-state index in [-0.39, 0.29) is 5.60 Å². The molecule has 2 aliphatic carbocycles. The van der Waals surface area contributed by atoms with Crippen molar-refractivity contribution in [1.29, 1.82) is 0 Å². The van der Waals surface area contributed by atoms with Crippen molar-refractivity contribution in [3.8, 4) is 0 Å². The van der Waals surface area contributed by atoms with E-state index in [9.17, 15) is 5.11 Å². The van der Waals surface area contributed by atoms with Gasteiger partial charge < -0.3 is 10.4 Å². The third-order valence-corrected chi connectivity index (χ3v) is 4.49. The van der Waals surface area contributed by atoms with Crippen LogP contribution in [0.25, 0.3) is 0 Å². The molecule has 1 heterocycles. The molecule has 13 heavy (non-hydrogen) atoms. The molecular formula is C11H19NO. The third kappa shape index (κ3) is 1.15. The van der Waals surface area contributed by atoms with Crippen molar-refractivity contribution in [3.63, 3.8) is 0 Å². The zero-order chi connectivity index (χ0) is 8.89. The molecule has 0 aromatic rings. The highest BCUT2D eigenvalue weighted by molar-refractivity contribution is 5.05. The summed E-state index contributed by atoms with van der Waals surface area (Å²) >= 11 is 0. The van der Waals surface area contributed by atoms with Crippen LogP contribution in [0.2, 0.25) is 0 Å². The quantitative estimate of drug-likeness (QED) is 0.590. The summed E-state index contributed by atoms with van der Waals surface area (Å²) in [6.45, 7) is 1.13. The number of rotatable bonds is 0. The Labute approximate surface area is 79.7 Å². The van der Waals surface area contributed by atoms with E-state index >= 15 is 0 Å². The molecule has 2 heteroatoms. The second-order valence-electron chi connectivity index (χ2n) is 5.26. The van der Waals surface area contributed by atoms with Gasteiger partial charge in [-0.3, -0.25) is 0 Å². The standard InChI is InChI=1S/C11H19NO/c13-11-4-1-2-8(7-11)6-10-9(11)3-5-12-10/h8-10,12-13H,1-7H2/t8-,9+,10+,11+/m0/s1. The maximum atomic E-state index is 10.5. The zero-order valence-electron chi connectivity index (χ0n) is 8.13. The lowest BCUT2D eigenvalue weighted by atomic mass is 9.62. The van der Waals surface area contributed by atoms with Crippen LogP contribution in [0.1, 0.15) is 38.5 Å². The summed E-state index contributed by atoms with van der Waals surface area (Å²) in [6.07, 6.45) is 7.29. The zero-order valence-corrected chi connectivity index (χ0v) is 8.13. The topological polar surface area (TPSA) is 32.3 Å². The average Bonchev–Trinajstić information content (AvgIpc) is 2.52. The summed E-state index contributed by atoms with van der Waals surface area (Å²) in [5.41, 5.74) is -0.282. The lowest BCUT2D eigenvalue weighted by Gasteiger charge is -2.48. The van der Waals surface area contributed by atoms with Crippen molar-refractivity contribution < 1.29 is 5.11 Å². The second-order valence-corrected chi connectivity index (χ2v) is 5.26. The van der Waals surface area contributed by atoms with E-state index in [2.05, 4.69) is 5.32 Å². The average molecular weight is 181 g/mol. The van der Waals surface area contributed by atoms with Gasteiger partial charge in [0, 0.05) is 12.0 Å². The van der Waals surface area contributed by atoms with Crippen molar-refractivity contribution in [2.24, 2.45) is 11.8 Å². The molecule has 0 aromatic heterocycles. The molecule has 3 rings (SSSR count). The summed E-state index contributed by atoms with van der Waals surface area (Å²) in [5, 5.41) is 14.1. The molecule has 0 amide bonds. The summed E-state index contributed by atoms with van der Waals surface area (Å²) in [5.74, 6) is 1.38. The van der Waals surface area contributed by atoms with Gasteiger partial charge in [-0.25, -0.2) is 0 Å². The molecule has 3 aliphatic rings. The Bertz CT molecular complexity index is 218. The monoisotopic (exact) mass is 181 g/mol. The van der Waals surface area contributed by atoms with Crippen molar-refractivity contribution in [2.45, 2.75) is 50.2 Å². The molecule has 0 radical (unpaired) electrons.